The molecule has 0 rings (SSSR count). The van der Waals surface area contributed by atoms with E-state index in [4.69, 9.17) is 0 Å². The first-order valence-corrected chi connectivity index (χ1v) is 4.16. The van der Waals surface area contributed by atoms with Crippen LogP contribution in [0.25, 0.3) is 0 Å². The van der Waals surface area contributed by atoms with Crippen LogP contribution in [0.15, 0.2) is 0 Å². The molecule has 0 fully saturated rings. The SMILES string of the molecule is CCC(I)CC(=O)OC. The van der Waals surface area contributed by atoms with Gasteiger partial charge in [0.25, 0.3) is 0 Å². The number of methoxy groups -OCH3 is 1. The molecule has 0 spiro atoms. The Hall–Kier alpha value is 0.200. The van der Waals surface area contributed by atoms with E-state index in [9.17, 15) is 4.79 Å². The predicted molar refractivity (Wildman–Crippen MR) is 44.7 cm³/mol. The van der Waals surface area contributed by atoms with Gasteiger partial charge < -0.3 is 4.74 Å². The molecule has 1 unspecified atom stereocenters. The molecule has 0 heterocycles. The molecule has 1 atom stereocenters. The fraction of sp³-hybridized carbons (Fsp3) is 0.833. The van der Waals surface area contributed by atoms with Crippen LogP contribution in [0.1, 0.15) is 19.8 Å². The molecule has 9 heavy (non-hydrogen) atoms. The monoisotopic (exact) mass is 242 g/mol. The third-order valence-corrected chi connectivity index (χ3v) is 2.38. The molecule has 0 bridgehead atoms. The maximum atomic E-state index is 10.6. The van der Waals surface area contributed by atoms with E-state index in [-0.39, 0.29) is 5.97 Å². The number of esters is 1. The van der Waals surface area contributed by atoms with Gasteiger partial charge >= 0.3 is 5.97 Å². The van der Waals surface area contributed by atoms with Gasteiger partial charge in [-0.2, -0.15) is 0 Å². The molecule has 0 aliphatic carbocycles. The highest BCUT2D eigenvalue weighted by Gasteiger charge is 2.06. The number of carbonyl (C=O) groups is 1. The molecule has 0 aromatic rings. The zero-order valence-corrected chi connectivity index (χ0v) is 7.84. The van der Waals surface area contributed by atoms with Gasteiger partial charge in [-0.15, -0.1) is 0 Å². The minimum Gasteiger partial charge on any atom is -0.469 e. The van der Waals surface area contributed by atoms with Crippen molar-refractivity contribution in [2.75, 3.05) is 7.11 Å². The molecule has 0 aromatic carbocycles. The standard InChI is InChI=1S/C6H11IO2/c1-3-5(7)4-6(8)9-2/h5H,3-4H2,1-2H3. The van der Waals surface area contributed by atoms with Gasteiger partial charge in [0.2, 0.25) is 0 Å². The summed E-state index contributed by atoms with van der Waals surface area (Å²) in [6, 6.07) is 0. The lowest BCUT2D eigenvalue weighted by Crippen LogP contribution is -2.07. The molecule has 0 amide bonds. The minimum absolute atomic E-state index is 0.115. The van der Waals surface area contributed by atoms with Crippen LogP contribution in [-0.2, 0) is 9.53 Å². The predicted octanol–water partition coefficient (Wildman–Crippen LogP) is 1.76. The van der Waals surface area contributed by atoms with E-state index < -0.39 is 0 Å². The first kappa shape index (κ1) is 9.20. The Labute approximate surface area is 69.1 Å². The van der Waals surface area contributed by atoms with Crippen molar-refractivity contribution in [2.24, 2.45) is 0 Å². The molecule has 3 heteroatoms. The highest BCUT2D eigenvalue weighted by molar-refractivity contribution is 14.1. The summed E-state index contributed by atoms with van der Waals surface area (Å²) in [6.07, 6.45) is 1.56. The summed E-state index contributed by atoms with van der Waals surface area (Å²) >= 11 is 2.24. The fourth-order valence-corrected chi connectivity index (χ4v) is 0.768. The van der Waals surface area contributed by atoms with Crippen molar-refractivity contribution in [2.45, 2.75) is 23.7 Å². The second-order valence-corrected chi connectivity index (χ2v) is 3.55. The number of hydrogen-bond acceptors (Lipinski definition) is 2. The molecule has 0 radical (unpaired) electrons. The summed E-state index contributed by atoms with van der Waals surface area (Å²) < 4.78 is 4.90. The molecule has 0 saturated heterocycles. The number of alkyl halides is 1. The highest BCUT2D eigenvalue weighted by Crippen LogP contribution is 2.09. The third kappa shape index (κ3) is 4.69. The summed E-state index contributed by atoms with van der Waals surface area (Å²) in [5.41, 5.74) is 0. The van der Waals surface area contributed by atoms with Crippen LogP contribution in [0.4, 0.5) is 0 Å². The summed E-state index contributed by atoms with van der Waals surface area (Å²) in [6.45, 7) is 2.06. The molecule has 2 nitrogen and oxygen atoms in total. The van der Waals surface area contributed by atoms with Gasteiger partial charge in [0.05, 0.1) is 13.5 Å². The summed E-state index contributed by atoms with van der Waals surface area (Å²) in [7, 11) is 1.42. The van der Waals surface area contributed by atoms with E-state index in [1.54, 1.807) is 0 Å². The van der Waals surface area contributed by atoms with Crippen LogP contribution >= 0.6 is 22.6 Å². The Kier molecular flexibility index (Phi) is 5.13. The lowest BCUT2D eigenvalue weighted by molar-refractivity contribution is -0.140. The van der Waals surface area contributed by atoms with E-state index in [0.717, 1.165) is 6.42 Å². The highest BCUT2D eigenvalue weighted by atomic mass is 127. The molecule has 0 aliphatic heterocycles. The molecular weight excluding hydrogens is 231 g/mol. The van der Waals surface area contributed by atoms with Crippen LogP contribution in [0.3, 0.4) is 0 Å². The average Bonchev–Trinajstić information content (AvgIpc) is 1.87. The van der Waals surface area contributed by atoms with E-state index in [1.165, 1.54) is 7.11 Å². The number of rotatable bonds is 3. The van der Waals surface area contributed by atoms with E-state index >= 15 is 0 Å². The van der Waals surface area contributed by atoms with E-state index in [2.05, 4.69) is 34.3 Å². The van der Waals surface area contributed by atoms with Crippen LogP contribution in [0.5, 0.6) is 0 Å². The summed E-state index contributed by atoms with van der Waals surface area (Å²) in [5.74, 6) is -0.115. The second-order valence-electron chi connectivity index (χ2n) is 1.79. The van der Waals surface area contributed by atoms with Crippen molar-refractivity contribution >= 4 is 28.6 Å². The fourth-order valence-electron chi connectivity index (χ4n) is 0.409. The molecule has 0 N–H and O–H groups in total. The van der Waals surface area contributed by atoms with E-state index in [0.29, 0.717) is 10.3 Å². The number of ether oxygens (including phenoxy) is 1. The van der Waals surface area contributed by atoms with Crippen LogP contribution < -0.4 is 0 Å². The number of hydrogen-bond donors (Lipinski definition) is 0. The smallest absolute Gasteiger partial charge is 0.306 e. The Balaban J connectivity index is 3.34. The first-order valence-electron chi connectivity index (χ1n) is 2.91. The van der Waals surface area contributed by atoms with Gasteiger partial charge in [0.1, 0.15) is 0 Å². The zero-order chi connectivity index (χ0) is 7.28. The van der Waals surface area contributed by atoms with Crippen molar-refractivity contribution in [3.8, 4) is 0 Å². The zero-order valence-electron chi connectivity index (χ0n) is 5.69. The van der Waals surface area contributed by atoms with Gasteiger partial charge in [0, 0.05) is 3.92 Å². The molecule has 0 aromatic heterocycles. The number of halogens is 1. The summed E-state index contributed by atoms with van der Waals surface area (Å²) in [4.78, 5) is 10.6. The Morgan fingerprint density at radius 3 is 2.67 bits per heavy atom. The minimum atomic E-state index is -0.115. The Morgan fingerprint density at radius 2 is 2.33 bits per heavy atom. The van der Waals surface area contributed by atoms with Crippen molar-refractivity contribution < 1.29 is 9.53 Å². The van der Waals surface area contributed by atoms with Crippen LogP contribution in [0.2, 0.25) is 0 Å². The second kappa shape index (κ2) is 5.02. The van der Waals surface area contributed by atoms with Crippen molar-refractivity contribution in [1.82, 2.24) is 0 Å². The molecular formula is C6H11IO2. The van der Waals surface area contributed by atoms with Gasteiger partial charge in [-0.25, -0.2) is 0 Å². The third-order valence-electron chi connectivity index (χ3n) is 1.06. The van der Waals surface area contributed by atoms with Crippen molar-refractivity contribution in [3.63, 3.8) is 0 Å². The molecule has 0 aliphatic rings. The quantitative estimate of drug-likeness (QED) is 0.428. The Bertz CT molecular complexity index is 93.1. The largest absolute Gasteiger partial charge is 0.469 e. The maximum absolute atomic E-state index is 10.6. The molecule has 54 valence electrons. The van der Waals surface area contributed by atoms with Crippen molar-refractivity contribution in [3.05, 3.63) is 0 Å². The van der Waals surface area contributed by atoms with Crippen molar-refractivity contribution in [1.29, 1.82) is 0 Å². The topological polar surface area (TPSA) is 26.3 Å². The normalized spacial score (nSPS) is 12.8. The Morgan fingerprint density at radius 1 is 1.78 bits per heavy atom. The van der Waals surface area contributed by atoms with Gasteiger partial charge in [-0.05, 0) is 6.42 Å². The average molecular weight is 242 g/mol. The van der Waals surface area contributed by atoms with Gasteiger partial charge in [0.15, 0.2) is 0 Å². The van der Waals surface area contributed by atoms with Gasteiger partial charge in [-0.1, -0.05) is 29.5 Å². The summed E-state index contributed by atoms with van der Waals surface area (Å²) in [5, 5.41) is 0. The van der Waals surface area contributed by atoms with Crippen LogP contribution in [0, 0.1) is 0 Å². The van der Waals surface area contributed by atoms with Crippen LogP contribution in [-0.4, -0.2) is 17.0 Å². The first-order chi connectivity index (χ1) is 4.20. The molecule has 0 saturated carbocycles. The lowest BCUT2D eigenvalue weighted by Gasteiger charge is -2.02. The van der Waals surface area contributed by atoms with E-state index in [1.807, 2.05) is 0 Å². The number of carbonyl (C=O) groups excluding carboxylic acids is 1. The lowest BCUT2D eigenvalue weighted by atomic mass is 10.2. The maximum Gasteiger partial charge on any atom is 0.306 e. The van der Waals surface area contributed by atoms with Gasteiger partial charge in [-0.3, -0.25) is 4.79 Å².